The average Bonchev–Trinajstić information content (AvgIpc) is 2.65. The molecule has 1 aromatic rings. The zero-order valence-corrected chi connectivity index (χ0v) is 14.1. The first-order valence-corrected chi connectivity index (χ1v) is 8.04. The maximum atomic E-state index is 12.5. The van der Waals surface area contributed by atoms with Gasteiger partial charge in [-0.05, 0) is 25.3 Å². The number of nitrogens with zero attached hydrogens (tertiary/aromatic N) is 1. The number of para-hydroxylation sites is 1. The Balaban J connectivity index is 2.08. The smallest absolute Gasteiger partial charge is 0.328 e. The van der Waals surface area contributed by atoms with Crippen LogP contribution in [0.3, 0.4) is 0 Å². The number of rotatable bonds is 6. The van der Waals surface area contributed by atoms with Gasteiger partial charge in [0.1, 0.15) is 11.8 Å². The molecule has 1 atom stereocenters. The third kappa shape index (κ3) is 4.34. The van der Waals surface area contributed by atoms with E-state index in [1.165, 1.54) is 12.0 Å². The van der Waals surface area contributed by atoms with Gasteiger partial charge in [-0.2, -0.15) is 0 Å². The molecule has 1 heterocycles. The Morgan fingerprint density at radius 3 is 2.72 bits per heavy atom. The molecule has 1 unspecified atom stereocenters. The van der Waals surface area contributed by atoms with Crippen molar-refractivity contribution in [3.05, 3.63) is 29.8 Å². The molecule has 1 aliphatic heterocycles. The Labute approximate surface area is 145 Å². The number of piperidine rings is 1. The predicted molar refractivity (Wildman–Crippen MR) is 92.3 cm³/mol. The van der Waals surface area contributed by atoms with Crippen molar-refractivity contribution in [1.82, 2.24) is 4.90 Å². The number of benzene rings is 1. The van der Waals surface area contributed by atoms with Gasteiger partial charge in [-0.3, -0.25) is 15.0 Å². The Hall–Kier alpha value is -2.90. The largest absolute Gasteiger partial charge is 0.467 e. The second-order valence-electron chi connectivity index (χ2n) is 5.76. The molecule has 4 N–H and O–H groups in total. The highest BCUT2D eigenvalue weighted by Gasteiger charge is 2.32. The van der Waals surface area contributed by atoms with E-state index < -0.39 is 17.9 Å². The molecule has 0 spiro atoms. The molecule has 25 heavy (non-hydrogen) atoms. The number of anilines is 1. The van der Waals surface area contributed by atoms with Crippen molar-refractivity contribution in [2.24, 2.45) is 5.73 Å². The fourth-order valence-electron chi connectivity index (χ4n) is 2.87. The summed E-state index contributed by atoms with van der Waals surface area (Å²) < 4.78 is 4.78. The van der Waals surface area contributed by atoms with Crippen molar-refractivity contribution in [1.29, 1.82) is 5.41 Å². The quantitative estimate of drug-likeness (QED) is 0.511. The third-order valence-electron chi connectivity index (χ3n) is 4.17. The minimum atomic E-state index is -0.845. The van der Waals surface area contributed by atoms with Crippen LogP contribution in [0.1, 0.15) is 24.8 Å². The van der Waals surface area contributed by atoms with E-state index in [-0.39, 0.29) is 18.2 Å². The van der Waals surface area contributed by atoms with Crippen molar-refractivity contribution >= 4 is 29.2 Å². The van der Waals surface area contributed by atoms with Crippen molar-refractivity contribution in [2.75, 3.05) is 25.5 Å². The lowest BCUT2D eigenvalue weighted by Crippen LogP contribution is -2.50. The standard InChI is InChI=1S/C17H22N4O4/c1-25-17(24)13-8-4-5-9-21(13)14(22)10-20-12-7-3-2-6-11(12)15(18)16(19)23/h2-3,6-7,13,18,20H,4-5,8-10H2,1H3,(H2,19,23). The molecule has 2 amide bonds. The minimum Gasteiger partial charge on any atom is -0.467 e. The number of likely N-dealkylation sites (tertiary alicyclic amines) is 1. The molecule has 134 valence electrons. The number of hydrogen-bond acceptors (Lipinski definition) is 6. The molecule has 1 aliphatic rings. The van der Waals surface area contributed by atoms with E-state index in [4.69, 9.17) is 15.9 Å². The van der Waals surface area contributed by atoms with Gasteiger partial charge in [0, 0.05) is 17.8 Å². The minimum absolute atomic E-state index is 0.0590. The fraction of sp³-hybridized carbons (Fsp3) is 0.412. The molecule has 0 aliphatic carbocycles. The van der Waals surface area contributed by atoms with Gasteiger partial charge in [0.05, 0.1) is 13.7 Å². The normalized spacial score (nSPS) is 16.8. The first kappa shape index (κ1) is 18.4. The molecule has 0 radical (unpaired) electrons. The van der Waals surface area contributed by atoms with Crippen LogP contribution in [0.5, 0.6) is 0 Å². The van der Waals surface area contributed by atoms with Gasteiger partial charge in [0.2, 0.25) is 5.91 Å². The van der Waals surface area contributed by atoms with E-state index in [9.17, 15) is 14.4 Å². The topological polar surface area (TPSA) is 126 Å². The van der Waals surface area contributed by atoms with Gasteiger partial charge >= 0.3 is 5.97 Å². The second-order valence-corrected chi connectivity index (χ2v) is 5.76. The second kappa shape index (κ2) is 8.27. The zero-order valence-electron chi connectivity index (χ0n) is 14.1. The summed E-state index contributed by atoms with van der Waals surface area (Å²) in [5, 5.41) is 10.7. The number of nitrogens with one attached hydrogen (secondary N) is 2. The number of esters is 1. The van der Waals surface area contributed by atoms with E-state index in [2.05, 4.69) is 5.32 Å². The van der Waals surface area contributed by atoms with Gasteiger partial charge in [-0.25, -0.2) is 4.79 Å². The number of carbonyl (C=O) groups is 3. The highest BCUT2D eigenvalue weighted by atomic mass is 16.5. The lowest BCUT2D eigenvalue weighted by atomic mass is 10.0. The SMILES string of the molecule is COC(=O)C1CCCCN1C(=O)CNc1ccccc1C(=N)C(N)=O. The molecule has 1 fully saturated rings. The van der Waals surface area contributed by atoms with Gasteiger partial charge in [-0.15, -0.1) is 0 Å². The van der Waals surface area contributed by atoms with E-state index in [0.29, 0.717) is 24.2 Å². The first-order valence-electron chi connectivity index (χ1n) is 8.04. The molecular formula is C17H22N4O4. The summed E-state index contributed by atoms with van der Waals surface area (Å²) in [6.07, 6.45) is 2.29. The Kier molecular flexibility index (Phi) is 6.10. The number of primary amides is 1. The van der Waals surface area contributed by atoms with Crippen LogP contribution in [0, 0.1) is 5.41 Å². The van der Waals surface area contributed by atoms with Crippen LogP contribution in [0.4, 0.5) is 5.69 Å². The fourth-order valence-corrected chi connectivity index (χ4v) is 2.87. The van der Waals surface area contributed by atoms with Crippen LogP contribution in [0.15, 0.2) is 24.3 Å². The molecule has 0 aromatic heterocycles. The summed E-state index contributed by atoms with van der Waals surface area (Å²) in [6.45, 7) is 0.440. The van der Waals surface area contributed by atoms with Crippen molar-refractivity contribution < 1.29 is 19.1 Å². The van der Waals surface area contributed by atoms with Crippen LogP contribution in [0.2, 0.25) is 0 Å². The molecule has 1 aromatic carbocycles. The van der Waals surface area contributed by atoms with E-state index in [1.54, 1.807) is 24.3 Å². The number of hydrogen-bond donors (Lipinski definition) is 3. The van der Waals surface area contributed by atoms with Crippen LogP contribution in [-0.2, 0) is 19.1 Å². The Bertz CT molecular complexity index is 689. The van der Waals surface area contributed by atoms with Crippen molar-refractivity contribution in [3.8, 4) is 0 Å². The lowest BCUT2D eigenvalue weighted by Gasteiger charge is -2.34. The molecule has 1 saturated heterocycles. The highest BCUT2D eigenvalue weighted by Crippen LogP contribution is 2.19. The van der Waals surface area contributed by atoms with Crippen LogP contribution in [0.25, 0.3) is 0 Å². The number of ether oxygens (including phenoxy) is 1. The third-order valence-corrected chi connectivity index (χ3v) is 4.17. The summed E-state index contributed by atoms with van der Waals surface area (Å²) in [5.74, 6) is -1.50. The Morgan fingerprint density at radius 1 is 1.32 bits per heavy atom. The lowest BCUT2D eigenvalue weighted by molar-refractivity contribution is -0.154. The molecule has 0 bridgehead atoms. The van der Waals surface area contributed by atoms with Crippen LogP contribution >= 0.6 is 0 Å². The average molecular weight is 346 g/mol. The number of carbonyl (C=O) groups excluding carboxylic acids is 3. The maximum absolute atomic E-state index is 12.5. The number of amides is 2. The van der Waals surface area contributed by atoms with E-state index in [1.807, 2.05) is 0 Å². The zero-order chi connectivity index (χ0) is 18.4. The van der Waals surface area contributed by atoms with Gasteiger partial charge in [-0.1, -0.05) is 18.2 Å². The summed E-state index contributed by atoms with van der Waals surface area (Å²) in [4.78, 5) is 37.1. The van der Waals surface area contributed by atoms with Crippen molar-refractivity contribution in [2.45, 2.75) is 25.3 Å². The first-order chi connectivity index (χ1) is 12.0. The van der Waals surface area contributed by atoms with Crippen molar-refractivity contribution in [3.63, 3.8) is 0 Å². The molecule has 0 saturated carbocycles. The van der Waals surface area contributed by atoms with E-state index in [0.717, 1.165) is 12.8 Å². The maximum Gasteiger partial charge on any atom is 0.328 e. The summed E-state index contributed by atoms with van der Waals surface area (Å²) >= 11 is 0. The predicted octanol–water partition coefficient (Wildman–Crippen LogP) is 0.506. The van der Waals surface area contributed by atoms with E-state index >= 15 is 0 Å². The van der Waals surface area contributed by atoms with Crippen LogP contribution in [-0.4, -0.2) is 54.6 Å². The molecule has 8 nitrogen and oxygen atoms in total. The summed E-state index contributed by atoms with van der Waals surface area (Å²) in [7, 11) is 1.31. The molecule has 2 rings (SSSR count). The summed E-state index contributed by atoms with van der Waals surface area (Å²) in [5.41, 5.74) is 5.62. The Morgan fingerprint density at radius 2 is 2.04 bits per heavy atom. The number of nitrogens with two attached hydrogens (primary N) is 1. The molecular weight excluding hydrogens is 324 g/mol. The van der Waals surface area contributed by atoms with Gasteiger partial charge in [0.25, 0.3) is 5.91 Å². The monoisotopic (exact) mass is 346 g/mol. The van der Waals surface area contributed by atoms with Gasteiger partial charge in [0.15, 0.2) is 0 Å². The highest BCUT2D eigenvalue weighted by molar-refractivity contribution is 6.44. The summed E-state index contributed by atoms with van der Waals surface area (Å²) in [6, 6.07) is 6.08. The van der Waals surface area contributed by atoms with Gasteiger partial charge < -0.3 is 20.7 Å². The molecule has 8 heteroatoms. The number of methoxy groups -OCH3 is 1. The van der Waals surface area contributed by atoms with Crippen LogP contribution < -0.4 is 11.1 Å².